The second kappa shape index (κ2) is 3.06. The van der Waals surface area contributed by atoms with Gasteiger partial charge in [0.1, 0.15) is 0 Å². The largest absolute Gasteiger partial charge is 0.138 e. The van der Waals surface area contributed by atoms with Crippen molar-refractivity contribution in [2.75, 3.05) is 0 Å². The maximum absolute atomic E-state index is 3.82. The van der Waals surface area contributed by atoms with Crippen LogP contribution >= 0.6 is 0 Å². The van der Waals surface area contributed by atoms with Gasteiger partial charge in [0.2, 0.25) is 0 Å². The molecule has 0 amide bonds. The van der Waals surface area contributed by atoms with Crippen LogP contribution in [0.25, 0.3) is 12.2 Å². The summed E-state index contributed by atoms with van der Waals surface area (Å²) in [7, 11) is 0. The average molecular weight is 135 g/mol. The number of hydrogen-bond donors (Lipinski definition) is 0. The quantitative estimate of drug-likeness (QED) is 0.480. The Morgan fingerprint density at radius 1 is 1.30 bits per heavy atom. The van der Waals surface area contributed by atoms with Crippen molar-refractivity contribution < 1.29 is 0 Å². The molecule has 0 radical (unpaired) electrons. The first kappa shape index (κ1) is 6.86. The number of hydrogen-bond acceptors (Lipinski definition) is 3. The van der Waals surface area contributed by atoms with E-state index in [1.165, 1.54) is 0 Å². The molecule has 0 bridgehead atoms. The van der Waals surface area contributed by atoms with Gasteiger partial charge in [0.05, 0.1) is 11.5 Å². The van der Waals surface area contributed by atoms with Crippen LogP contribution in [0.4, 0.5) is 0 Å². The van der Waals surface area contributed by atoms with E-state index in [-0.39, 0.29) is 0 Å². The highest BCUT2D eigenvalue weighted by Crippen LogP contribution is 1.56. The molecule has 52 valence electrons. The predicted molar refractivity (Wildman–Crippen MR) is 39.4 cm³/mol. The van der Waals surface area contributed by atoms with Gasteiger partial charge in [-0.2, -0.15) is 0 Å². The molecule has 0 aliphatic heterocycles. The minimum Gasteiger partial charge on any atom is -0.138 e. The van der Waals surface area contributed by atoms with Gasteiger partial charge in [0.15, 0.2) is 0 Å². The molecule has 0 aliphatic rings. The molecular formula is C7H9N3. The van der Waals surface area contributed by atoms with Gasteiger partial charge in [-0.25, -0.2) is 0 Å². The second-order valence-electron chi connectivity index (χ2n) is 1.85. The summed E-state index contributed by atoms with van der Waals surface area (Å²) in [6.07, 6.45) is 5.56. The topological polar surface area (TPSA) is 38.7 Å². The van der Waals surface area contributed by atoms with Gasteiger partial charge >= 0.3 is 0 Å². The number of aromatic nitrogens is 3. The number of nitrogens with zero attached hydrogens (tertiary/aromatic N) is 3. The van der Waals surface area contributed by atoms with Crippen molar-refractivity contribution in [3.63, 3.8) is 0 Å². The van der Waals surface area contributed by atoms with Crippen molar-refractivity contribution in [1.29, 1.82) is 0 Å². The van der Waals surface area contributed by atoms with Crippen molar-refractivity contribution in [3.05, 3.63) is 16.8 Å². The van der Waals surface area contributed by atoms with Crippen molar-refractivity contribution in [2.45, 2.75) is 13.8 Å². The fourth-order valence-corrected chi connectivity index (χ4v) is 0.733. The Morgan fingerprint density at radius 2 is 2.10 bits per heavy atom. The summed E-state index contributed by atoms with van der Waals surface area (Å²) < 4.78 is 0. The lowest BCUT2D eigenvalue weighted by molar-refractivity contribution is 0.832. The molecular weight excluding hydrogens is 126 g/mol. The van der Waals surface area contributed by atoms with Gasteiger partial charge in [-0.15, -0.1) is 10.2 Å². The average Bonchev–Trinajstić information content (AvgIpc) is 2.04. The first-order chi connectivity index (χ1) is 4.88. The van der Waals surface area contributed by atoms with Crippen molar-refractivity contribution >= 4 is 12.2 Å². The molecule has 0 fully saturated rings. The Morgan fingerprint density at radius 3 is 2.60 bits per heavy atom. The lowest BCUT2D eigenvalue weighted by Crippen LogP contribution is -2.29. The molecule has 1 aromatic rings. The molecule has 0 atom stereocenters. The van der Waals surface area contributed by atoms with Gasteiger partial charge in [-0.05, 0) is 19.1 Å². The first-order valence-electron chi connectivity index (χ1n) is 3.15. The Hall–Kier alpha value is -1.25. The summed E-state index contributed by atoms with van der Waals surface area (Å²) in [5.74, 6) is 0. The Balaban J connectivity index is 3.53. The highest BCUT2D eigenvalue weighted by Gasteiger charge is 1.81. The van der Waals surface area contributed by atoms with Gasteiger partial charge in [-0.1, -0.05) is 12.2 Å². The highest BCUT2D eigenvalue weighted by molar-refractivity contribution is 5.22. The zero-order chi connectivity index (χ0) is 7.40. The third-order valence-electron chi connectivity index (χ3n) is 1.28. The van der Waals surface area contributed by atoms with E-state index < -0.39 is 0 Å². The fourth-order valence-electron chi connectivity index (χ4n) is 0.733. The van der Waals surface area contributed by atoms with Gasteiger partial charge < -0.3 is 0 Å². The van der Waals surface area contributed by atoms with Gasteiger partial charge in [-0.3, -0.25) is 0 Å². The van der Waals surface area contributed by atoms with Gasteiger partial charge in [0.25, 0.3) is 0 Å². The lowest BCUT2D eigenvalue weighted by atomic mass is 10.4. The third kappa shape index (κ3) is 1.18. The van der Waals surface area contributed by atoms with Crippen LogP contribution < -0.4 is 10.6 Å². The van der Waals surface area contributed by atoms with Crippen LogP contribution in [-0.4, -0.2) is 15.4 Å². The normalized spacial score (nSPS) is 14.2. The lowest BCUT2D eigenvalue weighted by Gasteiger charge is -1.82. The first-order valence-corrected chi connectivity index (χ1v) is 3.15. The van der Waals surface area contributed by atoms with Crippen LogP contribution in [0.5, 0.6) is 0 Å². The molecule has 0 saturated carbocycles. The van der Waals surface area contributed by atoms with E-state index in [0.717, 1.165) is 10.6 Å². The SMILES string of the molecule is CC=c1cnnnc1=CC. The minimum atomic E-state index is 0.887. The molecule has 0 aliphatic carbocycles. The smallest absolute Gasteiger partial charge is 0.0917 e. The highest BCUT2D eigenvalue weighted by atomic mass is 15.3. The third-order valence-corrected chi connectivity index (χ3v) is 1.28. The monoisotopic (exact) mass is 135 g/mol. The summed E-state index contributed by atoms with van der Waals surface area (Å²) in [4.78, 5) is 0. The molecule has 1 heterocycles. The Labute approximate surface area is 59.1 Å². The number of rotatable bonds is 0. The molecule has 3 heteroatoms. The summed E-state index contributed by atoms with van der Waals surface area (Å²) in [6, 6.07) is 0. The molecule has 0 aromatic carbocycles. The van der Waals surface area contributed by atoms with Crippen LogP contribution in [0.1, 0.15) is 13.8 Å². The predicted octanol–water partition coefficient (Wildman–Crippen LogP) is -0.528. The molecule has 1 rings (SSSR count). The Kier molecular flexibility index (Phi) is 2.10. The van der Waals surface area contributed by atoms with E-state index in [2.05, 4.69) is 15.4 Å². The molecule has 0 saturated heterocycles. The van der Waals surface area contributed by atoms with Crippen LogP contribution in [0.3, 0.4) is 0 Å². The standard InChI is InChI=1S/C7H9N3/c1-3-6-5-8-10-9-7(6)4-2/h3-5H,1-2H3. The van der Waals surface area contributed by atoms with E-state index in [1.807, 2.05) is 26.0 Å². The maximum Gasteiger partial charge on any atom is 0.0917 e. The molecule has 10 heavy (non-hydrogen) atoms. The molecule has 0 spiro atoms. The van der Waals surface area contributed by atoms with E-state index >= 15 is 0 Å². The molecule has 1 aromatic heterocycles. The second-order valence-corrected chi connectivity index (χ2v) is 1.85. The molecule has 0 unspecified atom stereocenters. The zero-order valence-corrected chi connectivity index (χ0v) is 6.07. The Bertz CT molecular complexity index is 283. The maximum atomic E-state index is 3.82. The molecule has 0 N–H and O–H groups in total. The minimum absolute atomic E-state index is 0.887. The van der Waals surface area contributed by atoms with Crippen molar-refractivity contribution in [2.24, 2.45) is 0 Å². The van der Waals surface area contributed by atoms with Crippen molar-refractivity contribution in [3.8, 4) is 0 Å². The fraction of sp³-hybridized carbons (Fsp3) is 0.286. The van der Waals surface area contributed by atoms with Crippen LogP contribution in [0.15, 0.2) is 6.20 Å². The van der Waals surface area contributed by atoms with Crippen molar-refractivity contribution in [1.82, 2.24) is 15.4 Å². The molecule has 3 nitrogen and oxygen atoms in total. The van der Waals surface area contributed by atoms with E-state index in [4.69, 9.17) is 0 Å². The van der Waals surface area contributed by atoms with Crippen LogP contribution in [-0.2, 0) is 0 Å². The van der Waals surface area contributed by atoms with Crippen LogP contribution in [0.2, 0.25) is 0 Å². The van der Waals surface area contributed by atoms with E-state index in [0.29, 0.717) is 0 Å². The zero-order valence-electron chi connectivity index (χ0n) is 6.07. The van der Waals surface area contributed by atoms with Crippen LogP contribution in [0, 0.1) is 0 Å². The summed E-state index contributed by atoms with van der Waals surface area (Å²) in [6.45, 7) is 3.88. The van der Waals surface area contributed by atoms with E-state index in [1.54, 1.807) is 6.20 Å². The summed E-state index contributed by atoms with van der Waals surface area (Å²) in [5.41, 5.74) is 0. The van der Waals surface area contributed by atoms with Gasteiger partial charge in [0, 0.05) is 5.22 Å². The summed E-state index contributed by atoms with van der Waals surface area (Å²) in [5, 5.41) is 12.9. The van der Waals surface area contributed by atoms with E-state index in [9.17, 15) is 0 Å². The summed E-state index contributed by atoms with van der Waals surface area (Å²) >= 11 is 0.